The molecule has 1 unspecified atom stereocenters. The van der Waals surface area contributed by atoms with E-state index < -0.39 is 17.5 Å². The molecule has 0 spiro atoms. The number of nitrogens with zero attached hydrogens (tertiary/aromatic N) is 2. The lowest BCUT2D eigenvalue weighted by Crippen LogP contribution is -2.33. The van der Waals surface area contributed by atoms with Crippen LogP contribution in [0.2, 0.25) is 0 Å². The summed E-state index contributed by atoms with van der Waals surface area (Å²) in [5.74, 6) is -0.297. The number of hydrogen-bond donors (Lipinski definition) is 2. The summed E-state index contributed by atoms with van der Waals surface area (Å²) in [6.07, 6.45) is 5.71. The van der Waals surface area contributed by atoms with Crippen molar-refractivity contribution in [3.8, 4) is 0 Å². The highest BCUT2D eigenvalue weighted by Gasteiger charge is 2.29. The monoisotopic (exact) mass is 536 g/mol. The zero-order chi connectivity index (χ0) is 27.8. The summed E-state index contributed by atoms with van der Waals surface area (Å²) in [5.41, 5.74) is 3.38. The average molecular weight is 537 g/mol. The van der Waals surface area contributed by atoms with Gasteiger partial charge in [0.15, 0.2) is 0 Å². The van der Waals surface area contributed by atoms with E-state index >= 15 is 0 Å². The molecule has 0 aliphatic carbocycles. The summed E-state index contributed by atoms with van der Waals surface area (Å²) in [7, 11) is 1.69. The zero-order valence-electron chi connectivity index (χ0n) is 23.6. The third kappa shape index (κ3) is 7.28. The second-order valence-electron chi connectivity index (χ2n) is 11.2. The maximum Gasteiger partial charge on any atom is 0.313 e. The molecule has 0 radical (unpaired) electrons. The Morgan fingerprint density at radius 3 is 2.44 bits per heavy atom. The number of methoxy groups -OCH3 is 1. The van der Waals surface area contributed by atoms with Gasteiger partial charge in [0.1, 0.15) is 0 Å². The largest absolute Gasteiger partial charge is 0.481 e. The van der Waals surface area contributed by atoms with Crippen LogP contribution in [-0.4, -0.2) is 72.2 Å². The fraction of sp³-hybridized carbons (Fsp3) is 0.531. The highest BCUT2D eigenvalue weighted by atomic mass is 16.5. The fourth-order valence-electron chi connectivity index (χ4n) is 5.58. The van der Waals surface area contributed by atoms with Crippen molar-refractivity contribution in [1.82, 2.24) is 9.47 Å². The summed E-state index contributed by atoms with van der Waals surface area (Å²) in [6.45, 7) is 9.27. The van der Waals surface area contributed by atoms with E-state index in [2.05, 4.69) is 39.9 Å². The molecular weight excluding hydrogens is 492 g/mol. The van der Waals surface area contributed by atoms with Crippen molar-refractivity contribution in [1.29, 1.82) is 0 Å². The minimum absolute atomic E-state index is 0.533. The molecular formula is C32H44N2O5. The van der Waals surface area contributed by atoms with E-state index in [-0.39, 0.29) is 0 Å². The highest BCUT2D eigenvalue weighted by Crippen LogP contribution is 2.35. The molecule has 2 aromatic carbocycles. The summed E-state index contributed by atoms with van der Waals surface area (Å²) >= 11 is 0. The molecule has 2 N–H and O–H groups in total. The Balaban J connectivity index is 1.25. The molecule has 1 saturated heterocycles. The first-order valence-corrected chi connectivity index (χ1v) is 14.2. The number of aliphatic hydroxyl groups is 1. The summed E-state index contributed by atoms with van der Waals surface area (Å²) < 4.78 is 13.1. The number of ether oxygens (including phenoxy) is 2. The van der Waals surface area contributed by atoms with Gasteiger partial charge in [0, 0.05) is 30.8 Å². The summed E-state index contributed by atoms with van der Waals surface area (Å²) in [4.78, 5) is 14.0. The van der Waals surface area contributed by atoms with Gasteiger partial charge >= 0.3 is 5.97 Å². The number of hydrogen-bond acceptors (Lipinski definition) is 5. The number of para-hydroxylation sites is 1. The first-order chi connectivity index (χ1) is 18.8. The van der Waals surface area contributed by atoms with E-state index in [1.165, 1.54) is 16.5 Å². The second-order valence-corrected chi connectivity index (χ2v) is 11.2. The Morgan fingerprint density at radius 2 is 1.74 bits per heavy atom. The van der Waals surface area contributed by atoms with Gasteiger partial charge in [-0.15, -0.1) is 0 Å². The Hall–Kier alpha value is -2.71. The van der Waals surface area contributed by atoms with E-state index in [0.717, 1.165) is 56.6 Å². The molecule has 1 aromatic heterocycles. The molecule has 0 bridgehead atoms. The van der Waals surface area contributed by atoms with Crippen LogP contribution >= 0.6 is 0 Å². The SMILES string of the molecule is COCCOCCn1cc(C2CCN(CCCC(O)c3ccc(C(C)(C)C(=O)O)cc3)CC2)c2ccccc21. The Bertz CT molecular complexity index is 1190. The standard InChI is InChI=1S/C32H44N2O5/c1-32(2,31(36)37)26-12-10-25(11-13-26)30(35)9-6-16-33-17-14-24(15-18-33)28-23-34(19-20-39-22-21-38-3)29-8-5-4-7-27(28)29/h4-5,7-8,10-13,23-24,30,35H,6,9,14-22H2,1-3H3,(H,36,37). The van der Waals surface area contributed by atoms with Gasteiger partial charge in [-0.2, -0.15) is 0 Å². The molecule has 1 aliphatic rings. The molecule has 4 rings (SSSR count). The van der Waals surface area contributed by atoms with E-state index in [4.69, 9.17) is 9.47 Å². The first-order valence-electron chi connectivity index (χ1n) is 14.2. The molecule has 1 aliphatic heterocycles. The average Bonchev–Trinajstić information content (AvgIpc) is 3.32. The van der Waals surface area contributed by atoms with Gasteiger partial charge in [-0.3, -0.25) is 4.79 Å². The van der Waals surface area contributed by atoms with Gasteiger partial charge in [-0.1, -0.05) is 42.5 Å². The lowest BCUT2D eigenvalue weighted by Gasteiger charge is -2.32. The van der Waals surface area contributed by atoms with Gasteiger partial charge in [-0.05, 0) is 87.8 Å². The van der Waals surface area contributed by atoms with Crippen molar-refractivity contribution in [2.24, 2.45) is 0 Å². The Kier molecular flexibility index (Phi) is 10.2. The number of aliphatic hydroxyl groups excluding tert-OH is 1. The van der Waals surface area contributed by atoms with Crippen molar-refractivity contribution < 1.29 is 24.5 Å². The van der Waals surface area contributed by atoms with Crippen LogP contribution in [0.4, 0.5) is 0 Å². The van der Waals surface area contributed by atoms with Crippen molar-refractivity contribution in [2.75, 3.05) is 46.6 Å². The van der Waals surface area contributed by atoms with Crippen LogP contribution in [-0.2, 0) is 26.2 Å². The van der Waals surface area contributed by atoms with Crippen LogP contribution < -0.4 is 0 Å². The van der Waals surface area contributed by atoms with E-state index in [0.29, 0.717) is 32.2 Å². The van der Waals surface area contributed by atoms with Crippen LogP contribution in [0.25, 0.3) is 10.9 Å². The number of aromatic nitrogens is 1. The molecule has 0 amide bonds. The van der Waals surface area contributed by atoms with E-state index in [1.54, 1.807) is 21.0 Å². The minimum Gasteiger partial charge on any atom is -0.481 e. The number of carbonyl (C=O) groups is 1. The summed E-state index contributed by atoms with van der Waals surface area (Å²) in [6, 6.07) is 16.1. The van der Waals surface area contributed by atoms with Crippen LogP contribution in [0, 0.1) is 0 Å². The maximum atomic E-state index is 11.5. The Labute approximate surface area is 232 Å². The lowest BCUT2D eigenvalue weighted by molar-refractivity contribution is -0.142. The predicted octanol–water partition coefficient (Wildman–Crippen LogP) is 5.36. The molecule has 3 aromatic rings. The van der Waals surface area contributed by atoms with Crippen LogP contribution in [0.5, 0.6) is 0 Å². The number of likely N-dealkylation sites (tertiary alicyclic amines) is 1. The number of rotatable bonds is 14. The second kappa shape index (κ2) is 13.6. The Morgan fingerprint density at radius 1 is 1.03 bits per heavy atom. The smallest absolute Gasteiger partial charge is 0.313 e. The molecule has 7 heteroatoms. The maximum absolute atomic E-state index is 11.5. The number of piperidine rings is 1. The number of fused-ring (bicyclic) bond motifs is 1. The lowest BCUT2D eigenvalue weighted by atomic mass is 9.84. The van der Waals surface area contributed by atoms with Gasteiger partial charge in [0.2, 0.25) is 0 Å². The molecule has 2 heterocycles. The molecule has 1 fully saturated rings. The fourth-order valence-corrected chi connectivity index (χ4v) is 5.58. The van der Waals surface area contributed by atoms with Crippen molar-refractivity contribution in [2.45, 2.75) is 63.5 Å². The number of aliphatic carboxylic acids is 1. The van der Waals surface area contributed by atoms with Gasteiger partial charge in [-0.25, -0.2) is 0 Å². The quantitative estimate of drug-likeness (QED) is 0.270. The predicted molar refractivity (Wildman–Crippen MR) is 154 cm³/mol. The molecule has 212 valence electrons. The number of carboxylic acids is 1. The topological polar surface area (TPSA) is 84.2 Å². The highest BCUT2D eigenvalue weighted by molar-refractivity contribution is 5.84. The van der Waals surface area contributed by atoms with Crippen LogP contribution in [0.15, 0.2) is 54.7 Å². The third-order valence-electron chi connectivity index (χ3n) is 8.26. The summed E-state index contributed by atoms with van der Waals surface area (Å²) in [5, 5.41) is 21.5. The molecule has 7 nitrogen and oxygen atoms in total. The third-order valence-corrected chi connectivity index (χ3v) is 8.26. The zero-order valence-corrected chi connectivity index (χ0v) is 23.6. The number of carboxylic acid groups (broad SMARTS) is 1. The van der Waals surface area contributed by atoms with E-state index in [1.807, 2.05) is 24.3 Å². The molecule has 39 heavy (non-hydrogen) atoms. The van der Waals surface area contributed by atoms with Gasteiger partial charge in [0.05, 0.1) is 31.3 Å². The van der Waals surface area contributed by atoms with Gasteiger partial charge < -0.3 is 29.2 Å². The molecule has 0 saturated carbocycles. The van der Waals surface area contributed by atoms with E-state index in [9.17, 15) is 15.0 Å². The minimum atomic E-state index is -0.941. The van der Waals surface area contributed by atoms with Crippen molar-refractivity contribution in [3.63, 3.8) is 0 Å². The first kappa shape index (κ1) is 29.3. The van der Waals surface area contributed by atoms with Crippen LogP contribution in [0.1, 0.15) is 68.2 Å². The van der Waals surface area contributed by atoms with Crippen molar-refractivity contribution >= 4 is 16.9 Å². The van der Waals surface area contributed by atoms with Crippen LogP contribution in [0.3, 0.4) is 0 Å². The van der Waals surface area contributed by atoms with Crippen molar-refractivity contribution in [3.05, 3.63) is 71.4 Å². The molecule has 1 atom stereocenters. The van der Waals surface area contributed by atoms with Gasteiger partial charge in [0.25, 0.3) is 0 Å². The number of benzene rings is 2. The normalized spacial score (nSPS) is 16.1.